The van der Waals surface area contributed by atoms with Crippen LogP contribution in [0.1, 0.15) is 17.9 Å². The van der Waals surface area contributed by atoms with Crippen LogP contribution in [0.25, 0.3) is 11.5 Å². The Labute approximate surface area is 156 Å². The van der Waals surface area contributed by atoms with Crippen LogP contribution in [0.3, 0.4) is 0 Å². The Balaban J connectivity index is 1.56. The number of benzene rings is 2. The Kier molecular flexibility index (Phi) is 5.33. The zero-order valence-electron chi connectivity index (χ0n) is 14.5. The summed E-state index contributed by atoms with van der Waals surface area (Å²) in [6, 6.07) is 13.3. The summed E-state index contributed by atoms with van der Waals surface area (Å²) in [7, 11) is -3.76. The Morgan fingerprint density at radius 2 is 1.74 bits per heavy atom. The molecular formula is C18H18N4O4S. The van der Waals surface area contributed by atoms with E-state index < -0.39 is 10.0 Å². The molecule has 0 saturated heterocycles. The SMILES string of the molecule is Cc1ccc(-c2nnc(CCC(=O)Nc3ccc(S(N)(=O)=O)cc3)o2)cc1. The molecule has 3 N–H and O–H groups in total. The third kappa shape index (κ3) is 4.99. The minimum Gasteiger partial charge on any atom is -0.421 e. The predicted molar refractivity (Wildman–Crippen MR) is 99.2 cm³/mol. The molecule has 0 atom stereocenters. The van der Waals surface area contributed by atoms with Gasteiger partial charge >= 0.3 is 0 Å². The number of aryl methyl sites for hydroxylation is 2. The number of amides is 1. The molecule has 0 aliphatic carbocycles. The highest BCUT2D eigenvalue weighted by molar-refractivity contribution is 7.89. The summed E-state index contributed by atoms with van der Waals surface area (Å²) in [5.41, 5.74) is 2.42. The largest absolute Gasteiger partial charge is 0.421 e. The van der Waals surface area contributed by atoms with E-state index in [9.17, 15) is 13.2 Å². The van der Waals surface area contributed by atoms with E-state index in [1.165, 1.54) is 24.3 Å². The molecule has 0 bridgehead atoms. The molecule has 0 fully saturated rings. The number of nitrogens with zero attached hydrogens (tertiary/aromatic N) is 2. The van der Waals surface area contributed by atoms with E-state index in [2.05, 4.69) is 15.5 Å². The first-order valence-electron chi connectivity index (χ1n) is 8.13. The van der Waals surface area contributed by atoms with Gasteiger partial charge in [-0.3, -0.25) is 4.79 Å². The van der Waals surface area contributed by atoms with Crippen LogP contribution in [0.15, 0.2) is 57.8 Å². The topological polar surface area (TPSA) is 128 Å². The Morgan fingerprint density at radius 3 is 2.37 bits per heavy atom. The molecular weight excluding hydrogens is 368 g/mol. The number of rotatable bonds is 6. The van der Waals surface area contributed by atoms with Crippen molar-refractivity contribution >= 4 is 21.6 Å². The fourth-order valence-electron chi connectivity index (χ4n) is 2.34. The number of primary sulfonamides is 1. The van der Waals surface area contributed by atoms with E-state index in [-0.39, 0.29) is 17.2 Å². The molecule has 0 aliphatic rings. The van der Waals surface area contributed by atoms with E-state index in [1.54, 1.807) is 0 Å². The first-order chi connectivity index (χ1) is 12.8. The second-order valence-electron chi connectivity index (χ2n) is 5.98. The molecule has 8 nitrogen and oxygen atoms in total. The molecule has 0 saturated carbocycles. The van der Waals surface area contributed by atoms with Gasteiger partial charge in [-0.15, -0.1) is 10.2 Å². The van der Waals surface area contributed by atoms with Crippen LogP contribution in [0, 0.1) is 6.92 Å². The first kappa shape index (κ1) is 18.7. The van der Waals surface area contributed by atoms with Crippen LogP contribution in [0.2, 0.25) is 0 Å². The second kappa shape index (κ2) is 7.68. The van der Waals surface area contributed by atoms with Gasteiger partial charge in [-0.25, -0.2) is 13.6 Å². The van der Waals surface area contributed by atoms with Crippen molar-refractivity contribution in [1.82, 2.24) is 10.2 Å². The lowest BCUT2D eigenvalue weighted by atomic mass is 10.1. The number of nitrogens with one attached hydrogen (secondary N) is 1. The summed E-state index contributed by atoms with van der Waals surface area (Å²) in [5, 5.41) is 15.7. The maximum absolute atomic E-state index is 12.0. The van der Waals surface area contributed by atoms with Gasteiger partial charge in [-0.2, -0.15) is 0 Å². The van der Waals surface area contributed by atoms with Crippen molar-refractivity contribution < 1.29 is 17.6 Å². The monoisotopic (exact) mass is 386 g/mol. The van der Waals surface area contributed by atoms with Crippen LogP contribution in [0.5, 0.6) is 0 Å². The molecule has 3 rings (SSSR count). The number of sulfonamides is 1. The summed E-state index contributed by atoms with van der Waals surface area (Å²) in [4.78, 5) is 12.0. The Morgan fingerprint density at radius 1 is 1.07 bits per heavy atom. The third-order valence-corrected chi connectivity index (χ3v) is 4.73. The minimum absolute atomic E-state index is 0.0185. The van der Waals surface area contributed by atoms with Crippen LogP contribution in [-0.4, -0.2) is 24.5 Å². The van der Waals surface area contributed by atoms with Crippen molar-refractivity contribution in [3.05, 3.63) is 60.0 Å². The summed E-state index contributed by atoms with van der Waals surface area (Å²) >= 11 is 0. The molecule has 27 heavy (non-hydrogen) atoms. The van der Waals surface area contributed by atoms with Gasteiger partial charge in [-0.05, 0) is 43.3 Å². The number of hydrogen-bond donors (Lipinski definition) is 2. The van der Waals surface area contributed by atoms with E-state index in [4.69, 9.17) is 9.56 Å². The van der Waals surface area contributed by atoms with Gasteiger partial charge in [0.2, 0.25) is 27.7 Å². The van der Waals surface area contributed by atoms with Gasteiger partial charge in [0.05, 0.1) is 4.90 Å². The summed E-state index contributed by atoms with van der Waals surface area (Å²) in [6.45, 7) is 1.99. The molecule has 0 aliphatic heterocycles. The van der Waals surface area contributed by atoms with Crippen molar-refractivity contribution in [2.45, 2.75) is 24.7 Å². The number of hydrogen-bond acceptors (Lipinski definition) is 6. The maximum Gasteiger partial charge on any atom is 0.247 e. The number of nitrogens with two attached hydrogens (primary N) is 1. The van der Waals surface area contributed by atoms with Crippen molar-refractivity contribution in [2.24, 2.45) is 5.14 Å². The number of carbonyl (C=O) groups excluding carboxylic acids is 1. The van der Waals surface area contributed by atoms with E-state index >= 15 is 0 Å². The molecule has 0 spiro atoms. The molecule has 140 valence electrons. The van der Waals surface area contributed by atoms with Crippen LogP contribution < -0.4 is 10.5 Å². The summed E-state index contributed by atoms with van der Waals surface area (Å²) in [5.74, 6) is 0.516. The average molecular weight is 386 g/mol. The van der Waals surface area contributed by atoms with Crippen molar-refractivity contribution in [1.29, 1.82) is 0 Å². The maximum atomic E-state index is 12.0. The zero-order valence-corrected chi connectivity index (χ0v) is 15.4. The first-order valence-corrected chi connectivity index (χ1v) is 9.68. The highest BCUT2D eigenvalue weighted by Gasteiger charge is 2.11. The minimum atomic E-state index is -3.76. The van der Waals surface area contributed by atoms with Gasteiger partial charge < -0.3 is 9.73 Å². The van der Waals surface area contributed by atoms with E-state index in [0.29, 0.717) is 23.9 Å². The normalized spacial score (nSPS) is 11.3. The molecule has 0 radical (unpaired) electrons. The molecule has 3 aromatic rings. The van der Waals surface area contributed by atoms with Crippen molar-refractivity contribution in [3.8, 4) is 11.5 Å². The highest BCUT2D eigenvalue weighted by Crippen LogP contribution is 2.19. The number of aromatic nitrogens is 2. The van der Waals surface area contributed by atoms with Crippen molar-refractivity contribution in [3.63, 3.8) is 0 Å². The van der Waals surface area contributed by atoms with Crippen LogP contribution in [0.4, 0.5) is 5.69 Å². The fraction of sp³-hybridized carbons (Fsp3) is 0.167. The Hall–Kier alpha value is -3.04. The van der Waals surface area contributed by atoms with Crippen LogP contribution >= 0.6 is 0 Å². The van der Waals surface area contributed by atoms with Gasteiger partial charge in [0, 0.05) is 24.1 Å². The van der Waals surface area contributed by atoms with E-state index in [1.807, 2.05) is 31.2 Å². The molecule has 9 heteroatoms. The van der Waals surface area contributed by atoms with Crippen LogP contribution in [-0.2, 0) is 21.2 Å². The summed E-state index contributed by atoms with van der Waals surface area (Å²) in [6.07, 6.45) is 0.437. The standard InChI is InChI=1S/C18H18N4O4S/c1-12-2-4-13(5-3-12)18-22-21-17(26-18)11-10-16(23)20-14-6-8-15(9-7-14)27(19,24)25/h2-9H,10-11H2,1H3,(H,20,23)(H2,19,24,25). The third-order valence-electron chi connectivity index (χ3n) is 3.80. The van der Waals surface area contributed by atoms with E-state index in [0.717, 1.165) is 11.1 Å². The lowest BCUT2D eigenvalue weighted by molar-refractivity contribution is -0.116. The number of anilines is 1. The fourth-order valence-corrected chi connectivity index (χ4v) is 2.85. The van der Waals surface area contributed by atoms with Gasteiger partial charge in [0.1, 0.15) is 0 Å². The average Bonchev–Trinajstić information content (AvgIpc) is 3.09. The summed E-state index contributed by atoms with van der Waals surface area (Å²) < 4.78 is 28.0. The van der Waals surface area contributed by atoms with Gasteiger partial charge in [0.25, 0.3) is 0 Å². The lowest BCUT2D eigenvalue weighted by Crippen LogP contribution is -2.14. The zero-order chi connectivity index (χ0) is 19.4. The molecule has 0 unspecified atom stereocenters. The van der Waals surface area contributed by atoms with Gasteiger partial charge in [-0.1, -0.05) is 17.7 Å². The smallest absolute Gasteiger partial charge is 0.247 e. The lowest BCUT2D eigenvalue weighted by Gasteiger charge is -2.05. The molecule has 1 heterocycles. The second-order valence-corrected chi connectivity index (χ2v) is 7.55. The molecule has 1 aromatic heterocycles. The highest BCUT2D eigenvalue weighted by atomic mass is 32.2. The van der Waals surface area contributed by atoms with Crippen molar-refractivity contribution in [2.75, 3.05) is 5.32 Å². The van der Waals surface area contributed by atoms with Gasteiger partial charge in [0.15, 0.2) is 0 Å². The predicted octanol–water partition coefficient (Wildman–Crippen LogP) is 2.26. The Bertz CT molecular complexity index is 1040. The number of carbonyl (C=O) groups is 1. The molecule has 1 amide bonds. The molecule has 2 aromatic carbocycles. The quantitative estimate of drug-likeness (QED) is 0.669.